The van der Waals surface area contributed by atoms with Gasteiger partial charge in [-0.1, -0.05) is 43.3 Å². The predicted octanol–water partition coefficient (Wildman–Crippen LogP) is 4.59. The van der Waals surface area contributed by atoms with Crippen LogP contribution in [0.3, 0.4) is 0 Å². The fourth-order valence-corrected chi connectivity index (χ4v) is 6.51. The number of imidazole rings is 1. The smallest absolute Gasteiger partial charge is 0.223 e. The van der Waals surface area contributed by atoms with Gasteiger partial charge in [-0.05, 0) is 49.8 Å². The van der Waals surface area contributed by atoms with Gasteiger partial charge in [0.15, 0.2) is 5.82 Å². The molecule has 2 bridgehead atoms. The highest BCUT2D eigenvalue weighted by Gasteiger charge is 2.52. The molecule has 2 aliphatic rings. The molecule has 2 amide bonds. The van der Waals surface area contributed by atoms with Crippen molar-refractivity contribution in [2.75, 3.05) is 13.6 Å². The molecular formula is C29H36FN5O2. The van der Waals surface area contributed by atoms with Gasteiger partial charge < -0.3 is 14.8 Å². The minimum atomic E-state index is -0.632. The van der Waals surface area contributed by atoms with Crippen LogP contribution in [-0.4, -0.2) is 56.8 Å². The van der Waals surface area contributed by atoms with E-state index in [0.29, 0.717) is 12.1 Å². The molecule has 0 unspecified atom stereocenters. The SMILES string of the molecule is CC[C@@](NC(=O)CCN(C)C(C)=O)(c1ccccc1)N1[C@@H]2CC[C@H]1C[C@H](n1cnc3c(F)cccc31)C2. The lowest BCUT2D eigenvalue weighted by atomic mass is 9.87. The maximum absolute atomic E-state index is 14.3. The molecule has 3 aromatic rings. The number of hydrogen-bond acceptors (Lipinski definition) is 4. The van der Waals surface area contributed by atoms with Gasteiger partial charge in [-0.15, -0.1) is 0 Å². The molecule has 1 N–H and O–H groups in total. The first-order valence-corrected chi connectivity index (χ1v) is 13.3. The maximum atomic E-state index is 14.3. The molecule has 0 aliphatic carbocycles. The number of carbonyl (C=O) groups is 2. The van der Waals surface area contributed by atoms with Gasteiger partial charge in [-0.2, -0.15) is 0 Å². The summed E-state index contributed by atoms with van der Waals surface area (Å²) in [5.74, 6) is -0.398. The Bertz CT molecular complexity index is 1260. The largest absolute Gasteiger partial charge is 0.345 e. The molecule has 2 fully saturated rings. The molecule has 1 aromatic heterocycles. The number of carbonyl (C=O) groups excluding carboxylic acids is 2. The predicted molar refractivity (Wildman–Crippen MR) is 141 cm³/mol. The minimum Gasteiger partial charge on any atom is -0.345 e. The molecule has 37 heavy (non-hydrogen) atoms. The van der Waals surface area contributed by atoms with Crippen LogP contribution in [0.1, 0.15) is 64.0 Å². The Morgan fingerprint density at radius 3 is 2.43 bits per heavy atom. The van der Waals surface area contributed by atoms with Gasteiger partial charge in [-0.25, -0.2) is 9.37 Å². The quantitative estimate of drug-likeness (QED) is 0.486. The van der Waals surface area contributed by atoms with E-state index in [0.717, 1.165) is 43.2 Å². The van der Waals surface area contributed by atoms with Gasteiger partial charge in [-0.3, -0.25) is 14.5 Å². The molecular weight excluding hydrogens is 469 g/mol. The zero-order chi connectivity index (χ0) is 26.2. The van der Waals surface area contributed by atoms with Crippen LogP contribution in [0.5, 0.6) is 0 Å². The molecule has 7 nitrogen and oxygen atoms in total. The van der Waals surface area contributed by atoms with Crippen molar-refractivity contribution in [2.24, 2.45) is 0 Å². The highest BCUT2D eigenvalue weighted by atomic mass is 19.1. The second-order valence-corrected chi connectivity index (χ2v) is 10.5. The average molecular weight is 506 g/mol. The third-order valence-corrected chi connectivity index (χ3v) is 8.42. The summed E-state index contributed by atoms with van der Waals surface area (Å²) in [4.78, 5) is 33.4. The second kappa shape index (κ2) is 10.2. The topological polar surface area (TPSA) is 70.5 Å². The van der Waals surface area contributed by atoms with E-state index in [1.165, 1.54) is 13.0 Å². The Balaban J connectivity index is 1.44. The van der Waals surface area contributed by atoms with Crippen LogP contribution < -0.4 is 5.32 Å². The number of hydrogen-bond donors (Lipinski definition) is 1. The van der Waals surface area contributed by atoms with Crippen LogP contribution in [-0.2, 0) is 15.3 Å². The summed E-state index contributed by atoms with van der Waals surface area (Å²) < 4.78 is 16.5. The van der Waals surface area contributed by atoms with Crippen LogP contribution in [0.4, 0.5) is 4.39 Å². The molecule has 0 spiro atoms. The van der Waals surface area contributed by atoms with Crippen molar-refractivity contribution >= 4 is 22.8 Å². The number of amides is 2. The number of aromatic nitrogens is 2. The molecule has 2 aromatic carbocycles. The Labute approximate surface area is 217 Å². The second-order valence-electron chi connectivity index (χ2n) is 10.5. The van der Waals surface area contributed by atoms with E-state index in [9.17, 15) is 14.0 Å². The number of para-hydroxylation sites is 1. The van der Waals surface area contributed by atoms with E-state index >= 15 is 0 Å². The zero-order valence-corrected chi connectivity index (χ0v) is 21.9. The first kappa shape index (κ1) is 25.4. The lowest BCUT2D eigenvalue weighted by Gasteiger charge is -2.52. The Kier molecular flexibility index (Phi) is 7.03. The van der Waals surface area contributed by atoms with Crippen LogP contribution >= 0.6 is 0 Å². The number of piperidine rings is 1. The highest BCUT2D eigenvalue weighted by molar-refractivity contribution is 5.79. The average Bonchev–Trinajstić information content (AvgIpc) is 3.46. The third kappa shape index (κ3) is 4.63. The lowest BCUT2D eigenvalue weighted by molar-refractivity contribution is -0.131. The molecule has 2 saturated heterocycles. The fraction of sp³-hybridized carbons (Fsp3) is 0.483. The summed E-state index contributed by atoms with van der Waals surface area (Å²) in [6.07, 6.45) is 6.70. The van der Waals surface area contributed by atoms with Gasteiger partial charge in [0.05, 0.1) is 11.8 Å². The standard InChI is InChI=1S/C29H36FN5O2/c1-4-29(21-9-6-5-7-10-21,32-27(37)15-16-33(3)20(2)36)35-22-13-14-23(35)18-24(17-22)34-19-31-28-25(30)11-8-12-26(28)34/h5-12,19,22-24H,4,13-18H2,1-3H3,(H,32,37)/t22-,23+,24-,29-/m0/s1. The van der Waals surface area contributed by atoms with Crippen molar-refractivity contribution in [3.63, 3.8) is 0 Å². The molecule has 3 heterocycles. The van der Waals surface area contributed by atoms with Crippen molar-refractivity contribution in [1.29, 1.82) is 0 Å². The van der Waals surface area contributed by atoms with Crippen LogP contribution in [0.2, 0.25) is 0 Å². The van der Waals surface area contributed by atoms with Gasteiger partial charge in [0, 0.05) is 45.1 Å². The third-order valence-electron chi connectivity index (χ3n) is 8.42. The van der Waals surface area contributed by atoms with Gasteiger partial charge in [0.1, 0.15) is 11.2 Å². The monoisotopic (exact) mass is 505 g/mol. The van der Waals surface area contributed by atoms with E-state index in [-0.39, 0.29) is 42.2 Å². The maximum Gasteiger partial charge on any atom is 0.223 e. The molecule has 5 rings (SSSR count). The van der Waals surface area contributed by atoms with E-state index in [4.69, 9.17) is 0 Å². The van der Waals surface area contributed by atoms with E-state index in [1.807, 2.05) is 24.3 Å². The molecule has 2 aliphatic heterocycles. The number of nitrogens with zero attached hydrogens (tertiary/aromatic N) is 4. The van der Waals surface area contributed by atoms with E-state index in [1.54, 1.807) is 24.3 Å². The molecule has 4 atom stereocenters. The number of benzene rings is 2. The molecule has 0 saturated carbocycles. The zero-order valence-electron chi connectivity index (χ0n) is 21.9. The van der Waals surface area contributed by atoms with Crippen LogP contribution in [0.25, 0.3) is 11.0 Å². The Morgan fingerprint density at radius 2 is 1.78 bits per heavy atom. The van der Waals surface area contributed by atoms with Gasteiger partial charge in [0.25, 0.3) is 0 Å². The normalized spacial score (nSPS) is 23.1. The van der Waals surface area contributed by atoms with E-state index < -0.39 is 5.66 Å². The summed E-state index contributed by atoms with van der Waals surface area (Å²) in [5.41, 5.74) is 1.71. The van der Waals surface area contributed by atoms with Gasteiger partial charge >= 0.3 is 0 Å². The van der Waals surface area contributed by atoms with Crippen molar-refractivity contribution in [3.05, 3.63) is 66.2 Å². The summed E-state index contributed by atoms with van der Waals surface area (Å²) in [5, 5.41) is 3.43. The fourth-order valence-electron chi connectivity index (χ4n) is 6.51. The summed E-state index contributed by atoms with van der Waals surface area (Å²) in [6, 6.07) is 16.2. The first-order valence-electron chi connectivity index (χ1n) is 13.3. The lowest BCUT2D eigenvalue weighted by Crippen LogP contribution is -2.63. The summed E-state index contributed by atoms with van der Waals surface area (Å²) >= 11 is 0. The first-order chi connectivity index (χ1) is 17.8. The Hall–Kier alpha value is -3.26. The summed E-state index contributed by atoms with van der Waals surface area (Å²) in [7, 11) is 1.72. The molecule has 196 valence electrons. The highest BCUT2D eigenvalue weighted by Crippen LogP contribution is 2.48. The Morgan fingerprint density at radius 1 is 1.08 bits per heavy atom. The number of nitrogens with one attached hydrogen (secondary N) is 1. The summed E-state index contributed by atoms with van der Waals surface area (Å²) in [6.45, 7) is 4.03. The molecule has 8 heteroatoms. The van der Waals surface area contributed by atoms with Crippen molar-refractivity contribution in [2.45, 2.75) is 76.2 Å². The number of rotatable bonds is 8. The van der Waals surface area contributed by atoms with Crippen LogP contribution in [0, 0.1) is 5.82 Å². The van der Waals surface area contributed by atoms with Crippen LogP contribution in [0.15, 0.2) is 54.9 Å². The van der Waals surface area contributed by atoms with Crippen molar-refractivity contribution < 1.29 is 14.0 Å². The van der Waals surface area contributed by atoms with Gasteiger partial charge in [0.2, 0.25) is 11.8 Å². The number of halogens is 1. The minimum absolute atomic E-state index is 0.0513. The molecule has 0 radical (unpaired) electrons. The number of fused-ring (bicyclic) bond motifs is 3. The van der Waals surface area contributed by atoms with Crippen molar-refractivity contribution in [1.82, 2.24) is 24.7 Å². The van der Waals surface area contributed by atoms with Crippen molar-refractivity contribution in [3.8, 4) is 0 Å². The van der Waals surface area contributed by atoms with E-state index in [2.05, 4.69) is 38.8 Å².